The molecule has 1 aromatic heterocycles. The number of hydrogen-bond donors (Lipinski definition) is 2. The zero-order valence-corrected chi connectivity index (χ0v) is 10.8. The third kappa shape index (κ3) is 4.68. The number of aliphatic hydroxyl groups is 1. The van der Waals surface area contributed by atoms with Crippen LogP contribution in [-0.4, -0.2) is 40.8 Å². The number of carboxylic acid groups (broad SMARTS) is 1. The topological polar surface area (TPSA) is 60.8 Å². The summed E-state index contributed by atoms with van der Waals surface area (Å²) in [7, 11) is 1.95. The van der Waals surface area contributed by atoms with Crippen molar-refractivity contribution in [2.24, 2.45) is 0 Å². The van der Waals surface area contributed by atoms with E-state index in [1.165, 1.54) is 0 Å². The van der Waals surface area contributed by atoms with Gasteiger partial charge in [-0.05, 0) is 32.2 Å². The third-order valence-electron chi connectivity index (χ3n) is 2.49. The van der Waals surface area contributed by atoms with Crippen LogP contribution < -0.4 is 0 Å². The first-order valence-corrected chi connectivity index (χ1v) is 6.15. The highest BCUT2D eigenvalue weighted by molar-refractivity contribution is 7.12. The standard InChI is InChI=1S/C12H17NO3S/c1-9(8-14)13(2)7-11-4-3-10(17-11)5-6-12(15)16/h3-6,9,14H,7-8H2,1-2H3,(H,15,16)/b6-5+. The Morgan fingerprint density at radius 2 is 2.29 bits per heavy atom. The highest BCUT2D eigenvalue weighted by Crippen LogP contribution is 2.19. The molecule has 0 bridgehead atoms. The molecule has 1 unspecified atom stereocenters. The highest BCUT2D eigenvalue weighted by atomic mass is 32.1. The van der Waals surface area contributed by atoms with Gasteiger partial charge in [0.05, 0.1) is 6.61 Å². The van der Waals surface area contributed by atoms with Gasteiger partial charge in [-0.1, -0.05) is 0 Å². The molecule has 1 atom stereocenters. The number of rotatable bonds is 6. The van der Waals surface area contributed by atoms with E-state index in [0.29, 0.717) is 0 Å². The summed E-state index contributed by atoms with van der Waals surface area (Å²) in [6.45, 7) is 2.85. The molecule has 1 aromatic rings. The molecule has 5 heteroatoms. The number of carbonyl (C=O) groups is 1. The molecule has 0 spiro atoms. The van der Waals surface area contributed by atoms with Gasteiger partial charge in [-0.2, -0.15) is 0 Å². The normalized spacial score (nSPS) is 13.4. The van der Waals surface area contributed by atoms with Crippen LogP contribution in [0.3, 0.4) is 0 Å². The van der Waals surface area contributed by atoms with Gasteiger partial charge in [0.25, 0.3) is 0 Å². The molecule has 0 aliphatic rings. The Morgan fingerprint density at radius 1 is 1.59 bits per heavy atom. The van der Waals surface area contributed by atoms with E-state index in [9.17, 15) is 4.79 Å². The van der Waals surface area contributed by atoms with Crippen molar-refractivity contribution >= 4 is 23.4 Å². The van der Waals surface area contributed by atoms with Gasteiger partial charge in [-0.3, -0.25) is 4.90 Å². The Balaban J connectivity index is 2.59. The van der Waals surface area contributed by atoms with Gasteiger partial charge in [0.1, 0.15) is 0 Å². The first-order chi connectivity index (χ1) is 8.02. The zero-order chi connectivity index (χ0) is 12.8. The van der Waals surface area contributed by atoms with Crippen LogP contribution >= 0.6 is 11.3 Å². The lowest BCUT2D eigenvalue weighted by molar-refractivity contribution is -0.131. The first-order valence-electron chi connectivity index (χ1n) is 5.33. The molecule has 0 saturated carbocycles. The zero-order valence-electron chi connectivity index (χ0n) is 9.96. The van der Waals surface area contributed by atoms with Crippen LogP contribution in [0.15, 0.2) is 18.2 Å². The maximum absolute atomic E-state index is 10.4. The van der Waals surface area contributed by atoms with Gasteiger partial charge >= 0.3 is 5.97 Å². The molecule has 0 saturated heterocycles. The lowest BCUT2D eigenvalue weighted by Gasteiger charge is -2.21. The third-order valence-corrected chi connectivity index (χ3v) is 3.53. The summed E-state index contributed by atoms with van der Waals surface area (Å²) < 4.78 is 0. The van der Waals surface area contributed by atoms with E-state index in [-0.39, 0.29) is 12.6 Å². The average Bonchev–Trinajstić information content (AvgIpc) is 2.73. The lowest BCUT2D eigenvalue weighted by Crippen LogP contribution is -2.31. The van der Waals surface area contributed by atoms with Crippen molar-refractivity contribution in [1.29, 1.82) is 0 Å². The molecule has 0 aliphatic carbocycles. The number of aliphatic carboxylic acids is 1. The maximum atomic E-state index is 10.4. The fourth-order valence-electron chi connectivity index (χ4n) is 1.26. The van der Waals surface area contributed by atoms with Crippen molar-refractivity contribution in [3.05, 3.63) is 28.0 Å². The van der Waals surface area contributed by atoms with Gasteiger partial charge in [-0.15, -0.1) is 11.3 Å². The number of carboxylic acids is 1. The minimum Gasteiger partial charge on any atom is -0.478 e. The van der Waals surface area contributed by atoms with Gasteiger partial charge in [0, 0.05) is 28.4 Å². The molecule has 0 amide bonds. The summed E-state index contributed by atoms with van der Waals surface area (Å²) in [6, 6.07) is 4.00. The monoisotopic (exact) mass is 255 g/mol. The molecule has 1 heterocycles. The van der Waals surface area contributed by atoms with Crippen LogP contribution in [0.25, 0.3) is 6.08 Å². The van der Waals surface area contributed by atoms with Crippen LogP contribution in [0.2, 0.25) is 0 Å². The lowest BCUT2D eigenvalue weighted by atomic mass is 10.3. The summed E-state index contributed by atoms with van der Waals surface area (Å²) in [5.74, 6) is -0.939. The molecule has 0 aliphatic heterocycles. The Labute approximate surface area is 105 Å². The Kier molecular flexibility index (Phi) is 5.34. The van der Waals surface area contributed by atoms with Crippen molar-refractivity contribution < 1.29 is 15.0 Å². The molecule has 17 heavy (non-hydrogen) atoms. The van der Waals surface area contributed by atoms with Gasteiger partial charge in [0.2, 0.25) is 0 Å². The van der Waals surface area contributed by atoms with E-state index in [1.807, 2.05) is 26.1 Å². The molecule has 0 fully saturated rings. The van der Waals surface area contributed by atoms with Gasteiger partial charge in [-0.25, -0.2) is 4.79 Å². The van der Waals surface area contributed by atoms with Crippen molar-refractivity contribution in [1.82, 2.24) is 4.90 Å². The van der Waals surface area contributed by atoms with Crippen molar-refractivity contribution in [2.75, 3.05) is 13.7 Å². The highest BCUT2D eigenvalue weighted by Gasteiger charge is 2.09. The molecular weight excluding hydrogens is 238 g/mol. The Morgan fingerprint density at radius 3 is 2.88 bits per heavy atom. The summed E-state index contributed by atoms with van der Waals surface area (Å²) in [6.07, 6.45) is 2.72. The number of nitrogens with zero attached hydrogens (tertiary/aromatic N) is 1. The van der Waals surface area contributed by atoms with E-state index in [4.69, 9.17) is 10.2 Å². The minimum absolute atomic E-state index is 0.120. The average molecular weight is 255 g/mol. The molecular formula is C12H17NO3S. The largest absolute Gasteiger partial charge is 0.478 e. The second-order valence-electron chi connectivity index (χ2n) is 3.92. The predicted molar refractivity (Wildman–Crippen MR) is 69.0 cm³/mol. The predicted octanol–water partition coefficient (Wildman–Crippen LogP) is 1.66. The van der Waals surface area contributed by atoms with Gasteiger partial charge < -0.3 is 10.2 Å². The van der Waals surface area contributed by atoms with Crippen LogP contribution in [-0.2, 0) is 11.3 Å². The number of hydrogen-bond acceptors (Lipinski definition) is 4. The number of aliphatic hydroxyl groups excluding tert-OH is 1. The van der Waals surface area contributed by atoms with E-state index >= 15 is 0 Å². The van der Waals surface area contributed by atoms with Crippen LogP contribution in [0.1, 0.15) is 16.7 Å². The SMILES string of the molecule is CC(CO)N(C)Cc1ccc(/C=C/C(=O)O)s1. The fourth-order valence-corrected chi connectivity index (χ4v) is 2.24. The van der Waals surface area contributed by atoms with E-state index in [2.05, 4.69) is 4.90 Å². The van der Waals surface area contributed by atoms with Crippen LogP contribution in [0.4, 0.5) is 0 Å². The summed E-state index contributed by atoms with van der Waals surface area (Å²) in [5, 5.41) is 17.5. The Bertz CT molecular complexity index is 400. The van der Waals surface area contributed by atoms with E-state index < -0.39 is 5.97 Å². The molecule has 2 N–H and O–H groups in total. The second kappa shape index (κ2) is 6.54. The molecule has 4 nitrogen and oxygen atoms in total. The quantitative estimate of drug-likeness (QED) is 0.759. The van der Waals surface area contributed by atoms with Gasteiger partial charge in [0.15, 0.2) is 0 Å². The Hall–Kier alpha value is -1.17. The molecule has 0 radical (unpaired) electrons. The molecule has 1 rings (SSSR count). The fraction of sp³-hybridized carbons (Fsp3) is 0.417. The summed E-state index contributed by atoms with van der Waals surface area (Å²) in [5.41, 5.74) is 0. The van der Waals surface area contributed by atoms with Crippen molar-refractivity contribution in [3.8, 4) is 0 Å². The number of thiophene rings is 1. The minimum atomic E-state index is -0.939. The van der Waals surface area contributed by atoms with E-state index in [1.54, 1.807) is 17.4 Å². The number of likely N-dealkylation sites (N-methyl/N-ethyl adjacent to an activating group) is 1. The van der Waals surface area contributed by atoms with Crippen LogP contribution in [0.5, 0.6) is 0 Å². The first kappa shape index (κ1) is 13.9. The van der Waals surface area contributed by atoms with E-state index in [0.717, 1.165) is 22.4 Å². The smallest absolute Gasteiger partial charge is 0.328 e. The molecule has 94 valence electrons. The van der Waals surface area contributed by atoms with Crippen molar-refractivity contribution in [3.63, 3.8) is 0 Å². The molecule has 0 aromatic carbocycles. The summed E-state index contributed by atoms with van der Waals surface area (Å²) in [4.78, 5) is 14.5. The second-order valence-corrected chi connectivity index (χ2v) is 5.12. The maximum Gasteiger partial charge on any atom is 0.328 e. The van der Waals surface area contributed by atoms with Crippen LogP contribution in [0, 0.1) is 0 Å². The van der Waals surface area contributed by atoms with Crippen molar-refractivity contribution in [2.45, 2.75) is 19.5 Å². The summed E-state index contributed by atoms with van der Waals surface area (Å²) >= 11 is 1.56.